The molecule has 2 heterocycles. The number of hydrogen-bond acceptors (Lipinski definition) is 6. The van der Waals surface area contributed by atoms with Crippen LogP contribution in [0.3, 0.4) is 0 Å². The molecule has 1 N–H and O–H groups in total. The normalized spacial score (nSPS) is 16.4. The Morgan fingerprint density at radius 3 is 3.00 bits per heavy atom. The summed E-state index contributed by atoms with van der Waals surface area (Å²) in [5, 5.41) is 7.36. The fraction of sp³-hybridized carbons (Fsp3) is 0.353. The van der Waals surface area contributed by atoms with Crippen LogP contribution in [0.5, 0.6) is 5.75 Å². The number of carbonyl (C=O) groups excluding carboxylic acids is 1. The second kappa shape index (κ2) is 6.74. The van der Waals surface area contributed by atoms with Crippen LogP contribution in [0.4, 0.5) is 5.95 Å². The summed E-state index contributed by atoms with van der Waals surface area (Å²) >= 11 is 0. The van der Waals surface area contributed by atoms with E-state index in [-0.39, 0.29) is 0 Å². The fourth-order valence-electron chi connectivity index (χ4n) is 2.77. The molecule has 0 amide bonds. The van der Waals surface area contributed by atoms with E-state index < -0.39 is 12.0 Å². The maximum Gasteiger partial charge on any atom is 0.338 e. The third kappa shape index (κ3) is 2.84. The summed E-state index contributed by atoms with van der Waals surface area (Å²) in [6.45, 7) is 4.53. The lowest BCUT2D eigenvalue weighted by Crippen LogP contribution is -2.29. The third-order valence-electron chi connectivity index (χ3n) is 3.85. The number of methoxy groups -OCH3 is 1. The zero-order chi connectivity index (χ0) is 17.1. The molecule has 7 nitrogen and oxygen atoms in total. The molecular formula is C17H20N4O3. The monoisotopic (exact) mass is 328 g/mol. The van der Waals surface area contributed by atoms with Crippen molar-refractivity contribution in [2.24, 2.45) is 0 Å². The Hall–Kier alpha value is -2.83. The molecule has 2 aromatic rings. The smallest absolute Gasteiger partial charge is 0.338 e. The highest BCUT2D eigenvalue weighted by molar-refractivity contribution is 5.92. The van der Waals surface area contributed by atoms with Crippen LogP contribution in [0.15, 0.2) is 41.9 Å². The van der Waals surface area contributed by atoms with E-state index >= 15 is 0 Å². The number of nitrogens with zero attached hydrogens (tertiary/aromatic N) is 3. The Balaban J connectivity index is 2.08. The summed E-state index contributed by atoms with van der Waals surface area (Å²) in [4.78, 5) is 16.5. The first-order chi connectivity index (χ1) is 11.7. The van der Waals surface area contributed by atoms with Gasteiger partial charge in [-0.05, 0) is 31.0 Å². The number of ether oxygens (including phenoxy) is 2. The number of fused-ring (bicyclic) bond motifs is 1. The van der Waals surface area contributed by atoms with Gasteiger partial charge in [0.25, 0.3) is 0 Å². The van der Waals surface area contributed by atoms with Gasteiger partial charge in [-0.3, -0.25) is 0 Å². The summed E-state index contributed by atoms with van der Waals surface area (Å²) in [6, 6.07) is 7.26. The van der Waals surface area contributed by atoms with Crippen molar-refractivity contribution in [3.05, 3.63) is 47.4 Å². The molecule has 0 saturated carbocycles. The number of benzene rings is 1. The van der Waals surface area contributed by atoms with E-state index in [0.29, 0.717) is 23.8 Å². The average Bonchev–Trinajstić information content (AvgIpc) is 3.06. The Morgan fingerprint density at radius 1 is 1.42 bits per heavy atom. The van der Waals surface area contributed by atoms with Crippen LogP contribution >= 0.6 is 0 Å². The zero-order valence-corrected chi connectivity index (χ0v) is 13.9. The highest BCUT2D eigenvalue weighted by atomic mass is 16.5. The molecule has 0 bridgehead atoms. The van der Waals surface area contributed by atoms with Gasteiger partial charge in [0.15, 0.2) is 0 Å². The minimum atomic E-state index is -0.415. The largest absolute Gasteiger partial charge is 0.494 e. The van der Waals surface area contributed by atoms with E-state index in [1.54, 1.807) is 4.68 Å². The van der Waals surface area contributed by atoms with Gasteiger partial charge in [0.2, 0.25) is 5.95 Å². The molecule has 1 aliphatic heterocycles. The number of aromatic nitrogens is 3. The molecule has 1 aliphatic rings. The van der Waals surface area contributed by atoms with E-state index in [4.69, 9.17) is 9.47 Å². The van der Waals surface area contributed by atoms with Crippen LogP contribution in [0.25, 0.3) is 0 Å². The number of allylic oxidation sites excluding steroid dienone is 1. The number of rotatable bonds is 5. The molecule has 126 valence electrons. The standard InChI is InChI=1S/C17H20N4O3/c1-4-8-24-13-7-5-6-12(9-13)15-14(16(22)23-3)11(2)20-17-18-10-19-21(15)17/h5-7,9-10,15H,4,8H2,1-3H3,(H,18,19,20). The van der Waals surface area contributed by atoms with E-state index in [0.717, 1.165) is 17.7 Å². The molecule has 3 rings (SSSR count). The Morgan fingerprint density at radius 2 is 2.25 bits per heavy atom. The van der Waals surface area contributed by atoms with Gasteiger partial charge in [-0.2, -0.15) is 10.1 Å². The van der Waals surface area contributed by atoms with Gasteiger partial charge in [0, 0.05) is 5.70 Å². The van der Waals surface area contributed by atoms with Crippen molar-refractivity contribution < 1.29 is 14.3 Å². The zero-order valence-electron chi connectivity index (χ0n) is 13.9. The summed E-state index contributed by atoms with van der Waals surface area (Å²) in [6.07, 6.45) is 2.39. The number of nitrogens with one attached hydrogen (secondary N) is 1. The minimum absolute atomic E-state index is 0.397. The lowest BCUT2D eigenvalue weighted by Gasteiger charge is -2.28. The van der Waals surface area contributed by atoms with Gasteiger partial charge in [-0.15, -0.1) is 0 Å². The predicted octanol–water partition coefficient (Wildman–Crippen LogP) is 2.53. The molecule has 1 aromatic heterocycles. The molecule has 1 unspecified atom stereocenters. The topological polar surface area (TPSA) is 78.3 Å². The summed E-state index contributed by atoms with van der Waals surface area (Å²) in [5.41, 5.74) is 2.09. The number of esters is 1. The molecule has 7 heteroatoms. The molecule has 0 aliphatic carbocycles. The van der Waals surface area contributed by atoms with E-state index in [9.17, 15) is 4.79 Å². The lowest BCUT2D eigenvalue weighted by atomic mass is 9.95. The minimum Gasteiger partial charge on any atom is -0.494 e. The van der Waals surface area contributed by atoms with Crippen molar-refractivity contribution in [1.29, 1.82) is 0 Å². The quantitative estimate of drug-likeness (QED) is 0.850. The first kappa shape index (κ1) is 16.0. The molecule has 0 radical (unpaired) electrons. The maximum atomic E-state index is 12.3. The first-order valence-electron chi connectivity index (χ1n) is 7.84. The SMILES string of the molecule is CCCOc1cccc(C2C(C(=O)OC)=C(C)Nc3ncnn32)c1. The molecule has 0 saturated heterocycles. The maximum absolute atomic E-state index is 12.3. The van der Waals surface area contributed by atoms with Gasteiger partial charge in [-0.25, -0.2) is 9.48 Å². The second-order valence-electron chi connectivity index (χ2n) is 5.51. The Bertz CT molecular complexity index is 782. The molecule has 0 fully saturated rings. The molecule has 24 heavy (non-hydrogen) atoms. The van der Waals surface area contributed by atoms with Gasteiger partial charge in [-0.1, -0.05) is 19.1 Å². The summed E-state index contributed by atoms with van der Waals surface area (Å²) in [5.74, 6) is 0.951. The van der Waals surface area contributed by atoms with Crippen molar-refractivity contribution in [2.45, 2.75) is 26.3 Å². The van der Waals surface area contributed by atoms with Crippen LogP contribution in [-0.4, -0.2) is 34.5 Å². The number of hydrogen-bond donors (Lipinski definition) is 1. The van der Waals surface area contributed by atoms with Crippen LogP contribution in [0.2, 0.25) is 0 Å². The first-order valence-corrected chi connectivity index (χ1v) is 7.84. The fourth-order valence-corrected chi connectivity index (χ4v) is 2.77. The van der Waals surface area contributed by atoms with Crippen molar-refractivity contribution in [1.82, 2.24) is 14.8 Å². The van der Waals surface area contributed by atoms with E-state index in [1.807, 2.05) is 31.2 Å². The van der Waals surface area contributed by atoms with Crippen molar-refractivity contribution in [3.63, 3.8) is 0 Å². The highest BCUT2D eigenvalue weighted by Crippen LogP contribution is 2.36. The highest BCUT2D eigenvalue weighted by Gasteiger charge is 2.34. The van der Waals surface area contributed by atoms with Crippen LogP contribution in [-0.2, 0) is 9.53 Å². The Kier molecular flexibility index (Phi) is 4.50. The second-order valence-corrected chi connectivity index (χ2v) is 5.51. The summed E-state index contributed by atoms with van der Waals surface area (Å²) < 4.78 is 12.4. The van der Waals surface area contributed by atoms with Crippen molar-refractivity contribution in [3.8, 4) is 5.75 Å². The lowest BCUT2D eigenvalue weighted by molar-refractivity contribution is -0.136. The van der Waals surface area contributed by atoms with Gasteiger partial charge in [0.1, 0.15) is 18.1 Å². The summed E-state index contributed by atoms with van der Waals surface area (Å²) in [7, 11) is 1.37. The van der Waals surface area contributed by atoms with Crippen LogP contribution < -0.4 is 10.1 Å². The van der Waals surface area contributed by atoms with Crippen molar-refractivity contribution in [2.75, 3.05) is 19.0 Å². The molecule has 1 aromatic carbocycles. The number of carbonyl (C=O) groups is 1. The average molecular weight is 328 g/mol. The van der Waals surface area contributed by atoms with Gasteiger partial charge < -0.3 is 14.8 Å². The predicted molar refractivity (Wildman–Crippen MR) is 88.7 cm³/mol. The number of anilines is 1. The van der Waals surface area contributed by atoms with Crippen LogP contribution in [0.1, 0.15) is 31.9 Å². The molecular weight excluding hydrogens is 308 g/mol. The van der Waals surface area contributed by atoms with Gasteiger partial charge in [0.05, 0.1) is 19.3 Å². The third-order valence-corrected chi connectivity index (χ3v) is 3.85. The van der Waals surface area contributed by atoms with E-state index in [1.165, 1.54) is 13.4 Å². The van der Waals surface area contributed by atoms with Gasteiger partial charge >= 0.3 is 5.97 Å². The molecule has 0 spiro atoms. The van der Waals surface area contributed by atoms with Crippen molar-refractivity contribution >= 4 is 11.9 Å². The van der Waals surface area contributed by atoms with Crippen LogP contribution in [0, 0.1) is 0 Å². The van der Waals surface area contributed by atoms with E-state index in [2.05, 4.69) is 22.3 Å². The molecule has 1 atom stereocenters. The Labute approximate surface area is 140 Å².